The van der Waals surface area contributed by atoms with E-state index in [0.29, 0.717) is 24.5 Å². The van der Waals surface area contributed by atoms with Crippen LogP contribution in [-0.4, -0.2) is 48.5 Å². The number of piperidine rings is 1. The van der Waals surface area contributed by atoms with Crippen molar-refractivity contribution >= 4 is 0 Å². The van der Waals surface area contributed by atoms with Crippen molar-refractivity contribution in [1.29, 1.82) is 0 Å². The summed E-state index contributed by atoms with van der Waals surface area (Å²) in [6, 6.07) is 10.8. The highest BCUT2D eigenvalue weighted by Crippen LogP contribution is 2.35. The van der Waals surface area contributed by atoms with E-state index in [0.717, 1.165) is 37.9 Å². The Morgan fingerprint density at radius 3 is 2.46 bits per heavy atom. The number of ether oxygens (including phenoxy) is 1. The minimum Gasteiger partial charge on any atom is -0.389 e. The third-order valence-corrected chi connectivity index (χ3v) is 7.01. The molecule has 1 aromatic carbocycles. The molecular weight excluding hydrogens is 346 g/mol. The van der Waals surface area contributed by atoms with E-state index in [2.05, 4.69) is 56.0 Å². The van der Waals surface area contributed by atoms with Crippen molar-refractivity contribution < 1.29 is 9.84 Å². The van der Waals surface area contributed by atoms with E-state index in [-0.39, 0.29) is 6.10 Å². The van der Waals surface area contributed by atoms with Gasteiger partial charge in [-0.25, -0.2) is 0 Å². The minimum absolute atomic E-state index is 0.329. The summed E-state index contributed by atoms with van der Waals surface area (Å²) >= 11 is 0. The summed E-state index contributed by atoms with van der Waals surface area (Å²) in [7, 11) is 0. The molecule has 158 valence electrons. The van der Waals surface area contributed by atoms with E-state index >= 15 is 0 Å². The van der Waals surface area contributed by atoms with Crippen LogP contribution >= 0.6 is 0 Å². The summed E-state index contributed by atoms with van der Waals surface area (Å²) in [6.07, 6.45) is 7.37. The maximum absolute atomic E-state index is 10.6. The largest absolute Gasteiger partial charge is 0.389 e. The molecule has 1 N–H and O–H groups in total. The fourth-order valence-electron chi connectivity index (χ4n) is 5.21. The molecule has 1 saturated carbocycles. The Morgan fingerprint density at radius 2 is 1.79 bits per heavy atom. The Morgan fingerprint density at radius 1 is 1.07 bits per heavy atom. The smallest absolute Gasteiger partial charge is 0.0900 e. The van der Waals surface area contributed by atoms with Crippen LogP contribution in [0.25, 0.3) is 0 Å². The maximum atomic E-state index is 10.6. The second-order valence-electron chi connectivity index (χ2n) is 9.79. The first-order valence-electron chi connectivity index (χ1n) is 11.6. The third kappa shape index (κ3) is 6.57. The molecule has 0 bridgehead atoms. The van der Waals surface area contributed by atoms with Gasteiger partial charge in [-0.3, -0.25) is 0 Å². The summed E-state index contributed by atoms with van der Waals surface area (Å²) in [5.41, 5.74) is 1.45. The lowest BCUT2D eigenvalue weighted by Crippen LogP contribution is -2.42. The summed E-state index contributed by atoms with van der Waals surface area (Å²) in [6.45, 7) is 10.4. The van der Waals surface area contributed by atoms with Crippen LogP contribution in [0.15, 0.2) is 30.3 Å². The van der Waals surface area contributed by atoms with E-state index in [1.54, 1.807) is 0 Å². The van der Waals surface area contributed by atoms with Gasteiger partial charge in [0.2, 0.25) is 0 Å². The van der Waals surface area contributed by atoms with Crippen LogP contribution in [0.4, 0.5) is 0 Å². The van der Waals surface area contributed by atoms with E-state index in [9.17, 15) is 5.11 Å². The number of aliphatic hydroxyl groups excluding tert-OH is 1. The zero-order valence-corrected chi connectivity index (χ0v) is 18.2. The Balaban J connectivity index is 1.36. The molecule has 0 amide bonds. The fraction of sp³-hybridized carbons (Fsp3) is 0.760. The molecule has 0 aromatic heterocycles. The Hall–Kier alpha value is -0.900. The highest BCUT2D eigenvalue weighted by molar-refractivity contribution is 5.15. The van der Waals surface area contributed by atoms with Gasteiger partial charge in [0, 0.05) is 6.54 Å². The number of β-amino-alcohol motifs (C(OH)–C–C–N with tert-alkyl or cyclic N) is 1. The Kier molecular flexibility index (Phi) is 8.37. The molecule has 1 heterocycles. The lowest BCUT2D eigenvalue weighted by molar-refractivity contribution is -0.0749. The van der Waals surface area contributed by atoms with Gasteiger partial charge >= 0.3 is 0 Å². The number of rotatable bonds is 8. The average Bonchev–Trinajstić information content (AvgIpc) is 2.68. The predicted molar refractivity (Wildman–Crippen MR) is 116 cm³/mol. The van der Waals surface area contributed by atoms with Crippen LogP contribution in [0.1, 0.15) is 58.4 Å². The van der Waals surface area contributed by atoms with Crippen molar-refractivity contribution in [3.63, 3.8) is 0 Å². The van der Waals surface area contributed by atoms with Crippen molar-refractivity contribution in [2.75, 3.05) is 26.2 Å². The van der Waals surface area contributed by atoms with Crippen molar-refractivity contribution in [3.8, 4) is 0 Å². The lowest BCUT2D eigenvalue weighted by atomic mass is 9.75. The zero-order valence-electron chi connectivity index (χ0n) is 18.2. The first-order chi connectivity index (χ1) is 13.5. The van der Waals surface area contributed by atoms with Crippen molar-refractivity contribution in [3.05, 3.63) is 35.9 Å². The maximum Gasteiger partial charge on any atom is 0.0900 e. The van der Waals surface area contributed by atoms with Gasteiger partial charge in [-0.05, 0) is 74.4 Å². The summed E-state index contributed by atoms with van der Waals surface area (Å²) < 4.78 is 6.25. The van der Waals surface area contributed by atoms with Crippen LogP contribution in [0.2, 0.25) is 0 Å². The van der Waals surface area contributed by atoms with Crippen LogP contribution in [0, 0.1) is 23.7 Å². The van der Waals surface area contributed by atoms with Gasteiger partial charge in [0.1, 0.15) is 0 Å². The predicted octanol–water partition coefficient (Wildman–Crippen LogP) is 4.78. The van der Waals surface area contributed by atoms with Crippen LogP contribution in [-0.2, 0) is 11.2 Å². The molecule has 3 heteroatoms. The highest BCUT2D eigenvalue weighted by Gasteiger charge is 2.32. The number of hydrogen-bond donors (Lipinski definition) is 1. The van der Waals surface area contributed by atoms with E-state index in [1.165, 1.54) is 37.7 Å². The standard InChI is InChI=1S/C25H41NO2/c1-19(2)24-10-9-20(3)15-25(24)28-18-23(27)17-26-13-11-22(12-14-26)16-21-7-5-4-6-8-21/h4-8,19-20,22-25,27H,9-18H2,1-3H3/t20-,23+,24-,25+/m0/s1. The van der Waals surface area contributed by atoms with Crippen LogP contribution in [0.5, 0.6) is 0 Å². The average molecular weight is 388 g/mol. The molecule has 1 aromatic rings. The van der Waals surface area contributed by atoms with E-state index < -0.39 is 0 Å². The van der Waals surface area contributed by atoms with Crippen LogP contribution < -0.4 is 0 Å². The monoisotopic (exact) mass is 387 g/mol. The Labute approximate surface area is 172 Å². The summed E-state index contributed by atoms with van der Waals surface area (Å²) in [5, 5.41) is 10.6. The molecular formula is C25H41NO2. The number of aliphatic hydroxyl groups is 1. The molecule has 0 spiro atoms. The quantitative estimate of drug-likeness (QED) is 0.697. The molecule has 0 radical (unpaired) electrons. The van der Waals surface area contributed by atoms with Gasteiger partial charge in [0.15, 0.2) is 0 Å². The number of likely N-dealkylation sites (tertiary alicyclic amines) is 1. The second kappa shape index (κ2) is 10.8. The van der Waals surface area contributed by atoms with Gasteiger partial charge in [-0.2, -0.15) is 0 Å². The number of benzene rings is 1. The summed E-state index contributed by atoms with van der Waals surface area (Å²) in [4.78, 5) is 2.43. The minimum atomic E-state index is -0.365. The Bertz CT molecular complexity index is 553. The van der Waals surface area contributed by atoms with Gasteiger partial charge in [0.25, 0.3) is 0 Å². The van der Waals surface area contributed by atoms with E-state index in [1.807, 2.05) is 0 Å². The van der Waals surface area contributed by atoms with Gasteiger partial charge < -0.3 is 14.7 Å². The molecule has 0 unspecified atom stereocenters. The molecule has 1 aliphatic heterocycles. The molecule has 2 fully saturated rings. The molecule has 3 rings (SSSR count). The van der Waals surface area contributed by atoms with Gasteiger partial charge in [-0.15, -0.1) is 0 Å². The van der Waals surface area contributed by atoms with Gasteiger partial charge in [-0.1, -0.05) is 57.5 Å². The number of nitrogens with zero attached hydrogens (tertiary/aromatic N) is 1. The molecule has 2 aliphatic rings. The van der Waals surface area contributed by atoms with Gasteiger partial charge in [0.05, 0.1) is 18.8 Å². The molecule has 4 atom stereocenters. The molecule has 1 saturated heterocycles. The lowest BCUT2D eigenvalue weighted by Gasteiger charge is -2.38. The SMILES string of the molecule is CC(C)[C@@H]1CC[C@H](C)C[C@H]1OC[C@H](O)CN1CCC(Cc2ccccc2)CC1. The molecule has 1 aliphatic carbocycles. The van der Waals surface area contributed by atoms with E-state index in [4.69, 9.17) is 4.74 Å². The molecule has 28 heavy (non-hydrogen) atoms. The second-order valence-corrected chi connectivity index (χ2v) is 9.79. The van der Waals surface area contributed by atoms with Crippen LogP contribution in [0.3, 0.4) is 0 Å². The first-order valence-corrected chi connectivity index (χ1v) is 11.6. The zero-order chi connectivity index (χ0) is 19.9. The highest BCUT2D eigenvalue weighted by atomic mass is 16.5. The number of hydrogen-bond acceptors (Lipinski definition) is 3. The first kappa shape index (κ1) is 21.8. The normalized spacial score (nSPS) is 28.5. The summed E-state index contributed by atoms with van der Waals surface area (Å²) in [5.74, 6) is 2.85. The van der Waals surface area contributed by atoms with Crippen molar-refractivity contribution in [1.82, 2.24) is 4.90 Å². The van der Waals surface area contributed by atoms with Crippen molar-refractivity contribution in [2.24, 2.45) is 23.7 Å². The third-order valence-electron chi connectivity index (χ3n) is 7.01. The topological polar surface area (TPSA) is 32.7 Å². The van der Waals surface area contributed by atoms with Crippen molar-refractivity contribution in [2.45, 2.75) is 71.5 Å². The fourth-order valence-corrected chi connectivity index (χ4v) is 5.21. The molecule has 3 nitrogen and oxygen atoms in total.